The number of nitrogen functional groups attached to an aromatic ring is 1. The van der Waals surface area contributed by atoms with Crippen molar-refractivity contribution in [1.82, 2.24) is 10.3 Å². The molecule has 1 amide bonds. The van der Waals surface area contributed by atoms with Gasteiger partial charge in [-0.1, -0.05) is 11.3 Å². The number of thioether (sulfide) groups is 1. The third kappa shape index (κ3) is 3.07. The van der Waals surface area contributed by atoms with E-state index < -0.39 is 0 Å². The van der Waals surface area contributed by atoms with Crippen molar-refractivity contribution in [2.75, 3.05) is 23.8 Å². The van der Waals surface area contributed by atoms with Crippen LogP contribution in [0.25, 0.3) is 10.2 Å². The number of hydrogen-bond donors (Lipinski definition) is 2. The van der Waals surface area contributed by atoms with Crippen molar-refractivity contribution in [2.45, 2.75) is 12.8 Å². The zero-order valence-corrected chi connectivity index (χ0v) is 12.7. The Bertz CT molecular complexity index is 620. The predicted octanol–water partition coefficient (Wildman–Crippen LogP) is 2.75. The third-order valence-corrected chi connectivity index (χ3v) is 5.46. The molecule has 1 fully saturated rings. The molecule has 1 aliphatic heterocycles. The van der Waals surface area contributed by atoms with Crippen molar-refractivity contribution < 1.29 is 4.79 Å². The van der Waals surface area contributed by atoms with Crippen molar-refractivity contribution in [3.63, 3.8) is 0 Å². The van der Waals surface area contributed by atoms with Gasteiger partial charge in [-0.3, -0.25) is 4.79 Å². The zero-order valence-electron chi connectivity index (χ0n) is 11.1. The smallest absolute Gasteiger partial charge is 0.251 e. The molecular formula is C14H17N3OS2. The van der Waals surface area contributed by atoms with Crippen LogP contribution in [0.1, 0.15) is 23.2 Å². The number of aromatic nitrogens is 1. The number of carbonyl (C=O) groups is 1. The van der Waals surface area contributed by atoms with Gasteiger partial charge in [0.05, 0.1) is 10.2 Å². The van der Waals surface area contributed by atoms with Gasteiger partial charge in [0.1, 0.15) is 0 Å². The summed E-state index contributed by atoms with van der Waals surface area (Å²) in [6.07, 6.45) is 2.41. The fraction of sp³-hybridized carbons (Fsp3) is 0.429. The second kappa shape index (κ2) is 6.01. The van der Waals surface area contributed by atoms with Gasteiger partial charge in [0.15, 0.2) is 5.13 Å². The van der Waals surface area contributed by atoms with E-state index in [1.54, 1.807) is 0 Å². The van der Waals surface area contributed by atoms with E-state index in [1.165, 1.54) is 35.7 Å². The number of nitrogens with zero attached hydrogens (tertiary/aromatic N) is 1. The maximum absolute atomic E-state index is 12.2. The predicted molar refractivity (Wildman–Crippen MR) is 86.4 cm³/mol. The number of amides is 1. The topological polar surface area (TPSA) is 68.0 Å². The molecule has 0 bridgehead atoms. The Hall–Kier alpha value is -1.27. The quantitative estimate of drug-likeness (QED) is 0.915. The van der Waals surface area contributed by atoms with Gasteiger partial charge in [0.2, 0.25) is 0 Å². The first kappa shape index (κ1) is 13.7. The Kier molecular flexibility index (Phi) is 4.12. The molecule has 1 aromatic carbocycles. The Labute approximate surface area is 126 Å². The van der Waals surface area contributed by atoms with Crippen LogP contribution in [0, 0.1) is 5.92 Å². The molecule has 0 saturated carbocycles. The van der Waals surface area contributed by atoms with E-state index in [0.717, 1.165) is 16.8 Å². The van der Waals surface area contributed by atoms with Crippen LogP contribution in [-0.4, -0.2) is 28.9 Å². The summed E-state index contributed by atoms with van der Waals surface area (Å²) in [4.78, 5) is 16.4. The summed E-state index contributed by atoms with van der Waals surface area (Å²) in [5.74, 6) is 3.05. The molecule has 6 heteroatoms. The van der Waals surface area contributed by atoms with E-state index in [-0.39, 0.29) is 5.91 Å². The molecule has 3 N–H and O–H groups in total. The van der Waals surface area contributed by atoms with Crippen LogP contribution in [-0.2, 0) is 0 Å². The van der Waals surface area contributed by atoms with Crippen molar-refractivity contribution in [2.24, 2.45) is 5.92 Å². The SMILES string of the molecule is Nc1nc2ccc(C(=O)NCC3CCSCC3)cc2s1. The van der Waals surface area contributed by atoms with Gasteiger partial charge in [-0.2, -0.15) is 11.8 Å². The van der Waals surface area contributed by atoms with Crippen molar-refractivity contribution in [3.8, 4) is 0 Å². The maximum atomic E-state index is 12.2. The molecule has 1 saturated heterocycles. The first-order valence-electron chi connectivity index (χ1n) is 6.74. The minimum Gasteiger partial charge on any atom is -0.375 e. The molecule has 3 rings (SSSR count). The van der Waals surface area contributed by atoms with E-state index in [4.69, 9.17) is 5.73 Å². The number of nitrogens with two attached hydrogens (primary N) is 1. The van der Waals surface area contributed by atoms with Gasteiger partial charge in [-0.05, 0) is 48.5 Å². The van der Waals surface area contributed by atoms with Crippen molar-refractivity contribution >= 4 is 44.4 Å². The monoisotopic (exact) mass is 307 g/mol. The normalized spacial score (nSPS) is 16.4. The highest BCUT2D eigenvalue weighted by Crippen LogP contribution is 2.25. The highest BCUT2D eigenvalue weighted by atomic mass is 32.2. The average Bonchev–Trinajstić information content (AvgIpc) is 2.85. The number of carbonyl (C=O) groups excluding carboxylic acids is 1. The van der Waals surface area contributed by atoms with Crippen LogP contribution in [0.5, 0.6) is 0 Å². The van der Waals surface area contributed by atoms with Gasteiger partial charge in [0.25, 0.3) is 5.91 Å². The van der Waals surface area contributed by atoms with Gasteiger partial charge in [-0.25, -0.2) is 4.98 Å². The molecule has 106 valence electrons. The Morgan fingerprint density at radius 1 is 1.40 bits per heavy atom. The number of benzene rings is 1. The van der Waals surface area contributed by atoms with Gasteiger partial charge in [-0.15, -0.1) is 0 Å². The molecule has 0 unspecified atom stereocenters. The number of fused-ring (bicyclic) bond motifs is 1. The Morgan fingerprint density at radius 2 is 2.20 bits per heavy atom. The maximum Gasteiger partial charge on any atom is 0.251 e. The van der Waals surface area contributed by atoms with E-state index in [2.05, 4.69) is 10.3 Å². The first-order valence-corrected chi connectivity index (χ1v) is 8.71. The summed E-state index contributed by atoms with van der Waals surface area (Å²) in [6.45, 7) is 0.780. The molecule has 0 radical (unpaired) electrons. The largest absolute Gasteiger partial charge is 0.375 e. The molecule has 20 heavy (non-hydrogen) atoms. The molecule has 1 aliphatic rings. The number of hydrogen-bond acceptors (Lipinski definition) is 5. The number of nitrogens with one attached hydrogen (secondary N) is 1. The Morgan fingerprint density at radius 3 is 3.00 bits per heavy atom. The lowest BCUT2D eigenvalue weighted by atomic mass is 10.0. The summed E-state index contributed by atoms with van der Waals surface area (Å²) in [5, 5.41) is 3.58. The van der Waals surface area contributed by atoms with Crippen molar-refractivity contribution in [3.05, 3.63) is 23.8 Å². The van der Waals surface area contributed by atoms with Crippen LogP contribution < -0.4 is 11.1 Å². The molecular weight excluding hydrogens is 290 g/mol. The van der Waals surface area contributed by atoms with Crippen LogP contribution in [0.4, 0.5) is 5.13 Å². The van der Waals surface area contributed by atoms with E-state index in [0.29, 0.717) is 16.6 Å². The second-order valence-corrected chi connectivity index (χ2v) is 7.29. The van der Waals surface area contributed by atoms with Crippen LogP contribution in [0.3, 0.4) is 0 Å². The summed E-state index contributed by atoms with van der Waals surface area (Å²) < 4.78 is 0.962. The summed E-state index contributed by atoms with van der Waals surface area (Å²) >= 11 is 3.42. The highest BCUT2D eigenvalue weighted by Gasteiger charge is 2.15. The second-order valence-electron chi connectivity index (χ2n) is 5.00. The highest BCUT2D eigenvalue weighted by molar-refractivity contribution is 7.99. The molecule has 0 aliphatic carbocycles. The van der Waals surface area contributed by atoms with Gasteiger partial charge in [0, 0.05) is 12.1 Å². The zero-order chi connectivity index (χ0) is 13.9. The van der Waals surface area contributed by atoms with Crippen molar-refractivity contribution in [1.29, 1.82) is 0 Å². The van der Waals surface area contributed by atoms with E-state index >= 15 is 0 Å². The lowest BCUT2D eigenvalue weighted by Gasteiger charge is -2.21. The van der Waals surface area contributed by atoms with Crippen LogP contribution in [0.15, 0.2) is 18.2 Å². The molecule has 2 aromatic rings. The molecule has 1 aromatic heterocycles. The minimum absolute atomic E-state index is 0.00269. The minimum atomic E-state index is -0.00269. The van der Waals surface area contributed by atoms with E-state index in [9.17, 15) is 4.79 Å². The fourth-order valence-corrected chi connectivity index (χ4v) is 4.35. The average molecular weight is 307 g/mol. The molecule has 4 nitrogen and oxygen atoms in total. The number of anilines is 1. The summed E-state index contributed by atoms with van der Waals surface area (Å²) in [7, 11) is 0. The third-order valence-electron chi connectivity index (χ3n) is 3.56. The van der Waals surface area contributed by atoms with E-state index in [1.807, 2.05) is 30.0 Å². The molecule has 0 spiro atoms. The standard InChI is InChI=1S/C14H17N3OS2/c15-14-17-11-2-1-10(7-12(11)20-14)13(18)16-8-9-3-5-19-6-4-9/h1-2,7,9H,3-6,8H2,(H2,15,17)(H,16,18). The fourth-order valence-electron chi connectivity index (χ4n) is 2.37. The van der Waals surface area contributed by atoms with Crippen LogP contribution in [0.2, 0.25) is 0 Å². The Balaban J connectivity index is 1.65. The van der Waals surface area contributed by atoms with Gasteiger partial charge < -0.3 is 11.1 Å². The molecule has 0 atom stereocenters. The first-order chi connectivity index (χ1) is 9.72. The lowest BCUT2D eigenvalue weighted by molar-refractivity contribution is 0.0946. The van der Waals surface area contributed by atoms with Gasteiger partial charge >= 0.3 is 0 Å². The summed E-state index contributed by atoms with van der Waals surface area (Å²) in [6, 6.07) is 5.54. The van der Waals surface area contributed by atoms with Crippen LogP contribution >= 0.6 is 23.1 Å². The number of thiazole rings is 1. The summed E-state index contributed by atoms with van der Waals surface area (Å²) in [5.41, 5.74) is 7.22. The lowest BCUT2D eigenvalue weighted by Crippen LogP contribution is -2.30. The molecule has 2 heterocycles. The number of rotatable bonds is 3.